The van der Waals surface area contributed by atoms with E-state index in [1.54, 1.807) is 7.11 Å². The van der Waals surface area contributed by atoms with Crippen LogP contribution in [0.2, 0.25) is 0 Å². The fourth-order valence-electron chi connectivity index (χ4n) is 2.69. The predicted molar refractivity (Wildman–Crippen MR) is 79.6 cm³/mol. The van der Waals surface area contributed by atoms with Crippen LogP contribution >= 0.6 is 0 Å². The minimum absolute atomic E-state index is 0.673. The Morgan fingerprint density at radius 3 is 2.63 bits per heavy atom. The lowest BCUT2D eigenvalue weighted by Gasteiger charge is -2.30. The molecule has 0 bridgehead atoms. The van der Waals surface area contributed by atoms with Gasteiger partial charge in [-0.2, -0.15) is 0 Å². The highest BCUT2D eigenvalue weighted by Gasteiger charge is 2.15. The molecule has 1 heterocycles. The Labute approximate surface area is 116 Å². The summed E-state index contributed by atoms with van der Waals surface area (Å²) in [4.78, 5) is 2.52. The molecule has 0 spiro atoms. The summed E-state index contributed by atoms with van der Waals surface area (Å²) in [6.07, 6.45) is 4.03. The lowest BCUT2D eigenvalue weighted by molar-refractivity contribution is 0.226. The van der Waals surface area contributed by atoms with Gasteiger partial charge in [-0.1, -0.05) is 25.5 Å². The second-order valence-corrected chi connectivity index (χ2v) is 5.32. The molecule has 0 radical (unpaired) electrons. The third kappa shape index (κ3) is 4.51. The topological polar surface area (TPSA) is 24.5 Å². The van der Waals surface area contributed by atoms with Crippen molar-refractivity contribution in [2.75, 3.05) is 26.7 Å². The van der Waals surface area contributed by atoms with E-state index in [1.165, 1.54) is 31.4 Å². The Kier molecular flexibility index (Phi) is 5.67. The van der Waals surface area contributed by atoms with E-state index >= 15 is 0 Å². The van der Waals surface area contributed by atoms with Gasteiger partial charge < -0.3 is 10.1 Å². The van der Waals surface area contributed by atoms with E-state index in [0.717, 1.165) is 25.4 Å². The molecule has 19 heavy (non-hydrogen) atoms. The maximum absolute atomic E-state index is 5.20. The fourth-order valence-corrected chi connectivity index (χ4v) is 2.69. The van der Waals surface area contributed by atoms with Crippen molar-refractivity contribution in [3.05, 3.63) is 29.8 Å². The first-order valence-corrected chi connectivity index (χ1v) is 7.40. The molecule has 1 unspecified atom stereocenters. The summed E-state index contributed by atoms with van der Waals surface area (Å²) in [5.41, 5.74) is 1.36. The summed E-state index contributed by atoms with van der Waals surface area (Å²) < 4.78 is 5.20. The average Bonchev–Trinajstić information content (AvgIpc) is 2.48. The Bertz CT molecular complexity index is 358. The molecule has 0 aliphatic carbocycles. The third-order valence-corrected chi connectivity index (χ3v) is 3.90. The van der Waals surface area contributed by atoms with Crippen LogP contribution in [0.25, 0.3) is 0 Å². The minimum Gasteiger partial charge on any atom is -0.497 e. The van der Waals surface area contributed by atoms with Crippen LogP contribution in [-0.2, 0) is 6.54 Å². The molecular formula is C16H26N2O. The summed E-state index contributed by atoms with van der Waals surface area (Å²) in [6, 6.07) is 9.09. The number of likely N-dealkylation sites (N-methyl/N-ethyl adjacent to an activating group) is 1. The molecule has 0 saturated carbocycles. The van der Waals surface area contributed by atoms with Gasteiger partial charge in [0.05, 0.1) is 7.11 Å². The zero-order valence-corrected chi connectivity index (χ0v) is 12.2. The summed E-state index contributed by atoms with van der Waals surface area (Å²) in [5, 5.41) is 3.63. The van der Waals surface area contributed by atoms with Crippen LogP contribution in [0.3, 0.4) is 0 Å². The Hall–Kier alpha value is -1.06. The molecule has 1 aliphatic rings. The van der Waals surface area contributed by atoms with E-state index in [1.807, 2.05) is 12.1 Å². The second-order valence-electron chi connectivity index (χ2n) is 5.32. The van der Waals surface area contributed by atoms with Crippen molar-refractivity contribution >= 4 is 0 Å². The van der Waals surface area contributed by atoms with Crippen LogP contribution in [0.5, 0.6) is 5.75 Å². The molecule has 3 nitrogen and oxygen atoms in total. The fraction of sp³-hybridized carbons (Fsp3) is 0.625. The molecule has 1 atom stereocenters. The highest BCUT2D eigenvalue weighted by Crippen LogP contribution is 2.14. The van der Waals surface area contributed by atoms with Gasteiger partial charge in [-0.3, -0.25) is 4.90 Å². The van der Waals surface area contributed by atoms with Crippen molar-refractivity contribution in [3.8, 4) is 5.75 Å². The zero-order valence-electron chi connectivity index (χ0n) is 12.2. The molecule has 0 aromatic heterocycles. The Morgan fingerprint density at radius 1 is 1.26 bits per heavy atom. The second kappa shape index (κ2) is 7.51. The van der Waals surface area contributed by atoms with Crippen LogP contribution in [-0.4, -0.2) is 37.7 Å². The summed E-state index contributed by atoms with van der Waals surface area (Å²) in [5.74, 6) is 0.931. The van der Waals surface area contributed by atoms with Crippen molar-refractivity contribution < 1.29 is 4.74 Å². The number of hydrogen-bond donors (Lipinski definition) is 1. The first kappa shape index (κ1) is 14.4. The summed E-state index contributed by atoms with van der Waals surface area (Å²) in [6.45, 7) is 6.71. The van der Waals surface area contributed by atoms with E-state index < -0.39 is 0 Å². The van der Waals surface area contributed by atoms with Gasteiger partial charge in [-0.15, -0.1) is 0 Å². The molecule has 1 fully saturated rings. The standard InChI is InChI=1S/C16H26N2O/c1-3-18(13-15-6-4-5-11-17-15)12-14-7-9-16(19-2)10-8-14/h7-10,15,17H,3-6,11-13H2,1-2H3. The Morgan fingerprint density at radius 2 is 2.05 bits per heavy atom. The van der Waals surface area contributed by atoms with Crippen LogP contribution in [0.1, 0.15) is 31.7 Å². The van der Waals surface area contributed by atoms with Gasteiger partial charge in [0.1, 0.15) is 5.75 Å². The number of piperidine rings is 1. The normalized spacial score (nSPS) is 19.6. The number of rotatable bonds is 6. The summed E-state index contributed by atoms with van der Waals surface area (Å²) in [7, 11) is 1.71. The highest BCUT2D eigenvalue weighted by atomic mass is 16.5. The molecule has 1 aromatic carbocycles. The number of hydrogen-bond acceptors (Lipinski definition) is 3. The smallest absolute Gasteiger partial charge is 0.118 e. The van der Waals surface area contributed by atoms with Gasteiger partial charge in [0, 0.05) is 19.1 Å². The van der Waals surface area contributed by atoms with E-state index in [2.05, 4.69) is 29.3 Å². The molecule has 3 heteroatoms. The van der Waals surface area contributed by atoms with Crippen LogP contribution < -0.4 is 10.1 Å². The molecular weight excluding hydrogens is 236 g/mol. The predicted octanol–water partition coefficient (Wildman–Crippen LogP) is 2.66. The number of nitrogens with one attached hydrogen (secondary N) is 1. The van der Waals surface area contributed by atoms with Crippen molar-refractivity contribution in [1.29, 1.82) is 0 Å². The van der Waals surface area contributed by atoms with Crippen molar-refractivity contribution in [2.24, 2.45) is 0 Å². The average molecular weight is 262 g/mol. The quantitative estimate of drug-likeness (QED) is 0.853. The van der Waals surface area contributed by atoms with E-state index in [4.69, 9.17) is 4.74 Å². The van der Waals surface area contributed by atoms with Gasteiger partial charge in [-0.25, -0.2) is 0 Å². The third-order valence-electron chi connectivity index (χ3n) is 3.90. The lowest BCUT2D eigenvalue weighted by atomic mass is 10.0. The first-order valence-electron chi connectivity index (χ1n) is 7.40. The summed E-state index contributed by atoms with van der Waals surface area (Å²) >= 11 is 0. The van der Waals surface area contributed by atoms with E-state index in [9.17, 15) is 0 Å². The van der Waals surface area contributed by atoms with Crippen LogP contribution in [0.4, 0.5) is 0 Å². The van der Waals surface area contributed by atoms with Crippen molar-refractivity contribution in [1.82, 2.24) is 10.2 Å². The maximum atomic E-state index is 5.20. The first-order chi connectivity index (χ1) is 9.31. The molecule has 2 rings (SSSR count). The molecule has 106 valence electrons. The zero-order chi connectivity index (χ0) is 13.5. The van der Waals surface area contributed by atoms with Gasteiger partial charge in [0.15, 0.2) is 0 Å². The van der Waals surface area contributed by atoms with Gasteiger partial charge in [0.2, 0.25) is 0 Å². The van der Waals surface area contributed by atoms with E-state index in [-0.39, 0.29) is 0 Å². The molecule has 1 aromatic rings. The Balaban J connectivity index is 1.86. The maximum Gasteiger partial charge on any atom is 0.118 e. The molecule has 1 aliphatic heterocycles. The van der Waals surface area contributed by atoms with Crippen LogP contribution in [0, 0.1) is 0 Å². The number of methoxy groups -OCH3 is 1. The molecule has 0 amide bonds. The number of nitrogens with zero attached hydrogens (tertiary/aromatic N) is 1. The monoisotopic (exact) mass is 262 g/mol. The van der Waals surface area contributed by atoms with Gasteiger partial charge in [-0.05, 0) is 43.6 Å². The number of benzene rings is 1. The van der Waals surface area contributed by atoms with Gasteiger partial charge >= 0.3 is 0 Å². The SMILES string of the molecule is CCN(Cc1ccc(OC)cc1)CC1CCCCN1. The van der Waals surface area contributed by atoms with Crippen LogP contribution in [0.15, 0.2) is 24.3 Å². The van der Waals surface area contributed by atoms with Gasteiger partial charge in [0.25, 0.3) is 0 Å². The molecule has 1 N–H and O–H groups in total. The van der Waals surface area contributed by atoms with Crippen molar-refractivity contribution in [3.63, 3.8) is 0 Å². The highest BCUT2D eigenvalue weighted by molar-refractivity contribution is 5.27. The number of ether oxygens (including phenoxy) is 1. The van der Waals surface area contributed by atoms with Crippen molar-refractivity contribution in [2.45, 2.75) is 38.8 Å². The van der Waals surface area contributed by atoms with E-state index in [0.29, 0.717) is 6.04 Å². The molecule has 1 saturated heterocycles. The lowest BCUT2D eigenvalue weighted by Crippen LogP contribution is -2.43. The minimum atomic E-state index is 0.673. The largest absolute Gasteiger partial charge is 0.497 e.